The van der Waals surface area contributed by atoms with Gasteiger partial charge in [-0.05, 0) is 32.6 Å². The van der Waals surface area contributed by atoms with Crippen LogP contribution >= 0.6 is 24.0 Å². The summed E-state index contributed by atoms with van der Waals surface area (Å²) >= 11 is 0. The van der Waals surface area contributed by atoms with E-state index < -0.39 is 10.0 Å². The first kappa shape index (κ1) is 24.2. The molecule has 0 aromatic carbocycles. The molecule has 2 rings (SSSR count). The molecule has 2 N–H and O–H groups in total. The summed E-state index contributed by atoms with van der Waals surface area (Å²) in [4.78, 5) is 11.2. The first-order chi connectivity index (χ1) is 12.5. The largest absolute Gasteiger partial charge is 0.357 e. The summed E-state index contributed by atoms with van der Waals surface area (Å²) in [5, 5.41) is 3.36. The highest BCUT2D eigenvalue weighted by Gasteiger charge is 2.28. The molecule has 0 radical (unpaired) electrons. The van der Waals surface area contributed by atoms with Crippen LogP contribution in [0.2, 0.25) is 0 Å². The third-order valence-corrected chi connectivity index (χ3v) is 6.16. The molecule has 1 saturated heterocycles. The van der Waals surface area contributed by atoms with Gasteiger partial charge in [-0.3, -0.25) is 4.99 Å². The van der Waals surface area contributed by atoms with Crippen molar-refractivity contribution < 1.29 is 8.42 Å². The Balaban J connectivity index is 0.00000364. The molecular formula is C17H33IN6O2S. The number of hydrogen-bond acceptors (Lipinski definition) is 4. The molecule has 1 fully saturated rings. The maximum Gasteiger partial charge on any atom is 0.211 e. The van der Waals surface area contributed by atoms with Gasteiger partial charge in [0.05, 0.1) is 18.1 Å². The van der Waals surface area contributed by atoms with E-state index in [-0.39, 0.29) is 29.7 Å². The lowest BCUT2D eigenvalue weighted by atomic mass is 9.93. The third kappa shape index (κ3) is 7.57. The summed E-state index contributed by atoms with van der Waals surface area (Å²) in [5.41, 5.74) is 0. The van der Waals surface area contributed by atoms with Crippen LogP contribution in [-0.4, -0.2) is 67.3 Å². The molecule has 0 amide bonds. The molecule has 8 nitrogen and oxygen atoms in total. The number of hydrogen-bond donors (Lipinski definition) is 2. The highest BCUT2D eigenvalue weighted by molar-refractivity contribution is 14.0. The van der Waals surface area contributed by atoms with Crippen LogP contribution in [0.1, 0.15) is 39.7 Å². The highest BCUT2D eigenvalue weighted by Crippen LogP contribution is 2.27. The Bertz CT molecular complexity index is 665. The molecule has 0 aliphatic carbocycles. The monoisotopic (exact) mass is 512 g/mol. The van der Waals surface area contributed by atoms with Gasteiger partial charge in [-0.2, -0.15) is 0 Å². The van der Waals surface area contributed by atoms with Gasteiger partial charge in [0.1, 0.15) is 0 Å². The summed E-state index contributed by atoms with van der Waals surface area (Å²) < 4.78 is 27.7. The number of aliphatic imine (C=N–C) groups is 1. The number of sulfonamides is 1. The summed E-state index contributed by atoms with van der Waals surface area (Å²) in [6.07, 6.45) is 7.51. The molecule has 27 heavy (non-hydrogen) atoms. The fourth-order valence-corrected chi connectivity index (χ4v) is 3.77. The average molecular weight is 512 g/mol. The van der Waals surface area contributed by atoms with Crippen molar-refractivity contribution in [1.29, 1.82) is 0 Å². The van der Waals surface area contributed by atoms with Crippen molar-refractivity contribution >= 4 is 40.0 Å². The fraction of sp³-hybridized carbons (Fsp3) is 0.765. The number of piperidine rings is 1. The smallest absolute Gasteiger partial charge is 0.211 e. The maximum absolute atomic E-state index is 11.5. The Labute approximate surface area is 180 Å². The first-order valence-corrected chi connectivity index (χ1v) is 11.1. The summed E-state index contributed by atoms with van der Waals surface area (Å²) in [6.45, 7) is 9.67. The second kappa shape index (κ2) is 11.8. The van der Waals surface area contributed by atoms with Crippen LogP contribution in [0.15, 0.2) is 23.7 Å². The number of nitrogens with one attached hydrogen (secondary N) is 2. The van der Waals surface area contributed by atoms with Crippen LogP contribution in [0.25, 0.3) is 0 Å². The van der Waals surface area contributed by atoms with Gasteiger partial charge in [0, 0.05) is 45.1 Å². The molecule has 10 heteroatoms. The van der Waals surface area contributed by atoms with Crippen LogP contribution in [-0.2, 0) is 10.0 Å². The molecule has 1 aliphatic rings. The van der Waals surface area contributed by atoms with Crippen molar-refractivity contribution in [2.45, 2.75) is 39.7 Å². The van der Waals surface area contributed by atoms with Crippen molar-refractivity contribution in [1.82, 2.24) is 24.5 Å². The molecule has 1 aromatic heterocycles. The summed E-state index contributed by atoms with van der Waals surface area (Å²) in [6, 6.07) is 0.381. The number of guanidine groups is 1. The number of aromatic nitrogens is 2. The third-order valence-electron chi connectivity index (χ3n) is 4.76. The molecular weight excluding hydrogens is 479 g/mol. The van der Waals surface area contributed by atoms with Crippen molar-refractivity contribution in [3.63, 3.8) is 0 Å². The van der Waals surface area contributed by atoms with Crippen molar-refractivity contribution in [2.75, 3.05) is 38.5 Å². The zero-order chi connectivity index (χ0) is 19.0. The quantitative estimate of drug-likeness (QED) is 0.240. The Hall–Kier alpha value is -0.880. The minimum atomic E-state index is -3.12. The molecule has 2 atom stereocenters. The Morgan fingerprint density at radius 2 is 2.15 bits per heavy atom. The van der Waals surface area contributed by atoms with E-state index in [2.05, 4.69) is 38.3 Å². The second-order valence-corrected chi connectivity index (χ2v) is 8.77. The zero-order valence-electron chi connectivity index (χ0n) is 16.5. The lowest BCUT2D eigenvalue weighted by Gasteiger charge is -2.39. The lowest BCUT2D eigenvalue weighted by Crippen LogP contribution is -2.49. The fourth-order valence-electron chi connectivity index (χ4n) is 3.11. The van der Waals surface area contributed by atoms with Gasteiger partial charge >= 0.3 is 0 Å². The number of imidazole rings is 1. The van der Waals surface area contributed by atoms with Crippen LogP contribution in [0.4, 0.5) is 0 Å². The van der Waals surface area contributed by atoms with E-state index in [0.717, 1.165) is 32.0 Å². The first-order valence-electron chi connectivity index (χ1n) is 9.44. The molecule has 0 spiro atoms. The van der Waals surface area contributed by atoms with Gasteiger partial charge < -0.3 is 14.8 Å². The van der Waals surface area contributed by atoms with Crippen molar-refractivity contribution in [3.05, 3.63) is 18.7 Å². The Morgan fingerprint density at radius 3 is 2.78 bits per heavy atom. The zero-order valence-corrected chi connectivity index (χ0v) is 19.6. The maximum atomic E-state index is 11.5. The van der Waals surface area contributed by atoms with Crippen LogP contribution < -0.4 is 10.0 Å². The number of halogens is 1. The van der Waals surface area contributed by atoms with E-state index in [9.17, 15) is 8.42 Å². The molecule has 1 aromatic rings. The van der Waals surface area contributed by atoms with E-state index in [1.165, 1.54) is 0 Å². The Kier molecular flexibility index (Phi) is 10.6. The molecule has 0 bridgehead atoms. The normalized spacial score (nSPS) is 21.0. The van der Waals surface area contributed by atoms with Gasteiger partial charge in [0.15, 0.2) is 5.96 Å². The standard InChI is InChI=1S/C17H32N6O2S.HI/c1-4-19-17(20-8-6-9-21-26(24,25)5-2)22-11-7-15(3)16(13-22)23-12-10-18-14-23;/h10,12,14-16,21H,4-9,11,13H2,1-3H3,(H,19,20);1H. The van der Waals surface area contributed by atoms with Gasteiger partial charge in [-0.1, -0.05) is 6.92 Å². The Morgan fingerprint density at radius 1 is 1.37 bits per heavy atom. The van der Waals surface area contributed by atoms with Crippen LogP contribution in [0.3, 0.4) is 0 Å². The van der Waals surface area contributed by atoms with E-state index in [1.807, 2.05) is 18.7 Å². The van der Waals surface area contributed by atoms with Crippen LogP contribution in [0.5, 0.6) is 0 Å². The number of rotatable bonds is 8. The van der Waals surface area contributed by atoms with Gasteiger partial charge in [0.2, 0.25) is 10.0 Å². The van der Waals surface area contributed by atoms with E-state index in [4.69, 9.17) is 4.99 Å². The SMILES string of the molecule is CCNC(=NCCCNS(=O)(=O)CC)N1CCC(C)C(n2ccnc2)C1.I. The highest BCUT2D eigenvalue weighted by atomic mass is 127. The van der Waals surface area contributed by atoms with E-state index in [0.29, 0.717) is 31.5 Å². The van der Waals surface area contributed by atoms with Gasteiger partial charge in [-0.15, -0.1) is 24.0 Å². The van der Waals surface area contributed by atoms with Gasteiger partial charge in [0.25, 0.3) is 0 Å². The predicted molar refractivity (Wildman–Crippen MR) is 120 cm³/mol. The van der Waals surface area contributed by atoms with Crippen molar-refractivity contribution in [2.24, 2.45) is 10.9 Å². The lowest BCUT2D eigenvalue weighted by molar-refractivity contribution is 0.189. The summed E-state index contributed by atoms with van der Waals surface area (Å²) in [5.74, 6) is 1.61. The van der Waals surface area contributed by atoms with E-state index in [1.54, 1.807) is 6.92 Å². The van der Waals surface area contributed by atoms with Gasteiger partial charge in [-0.25, -0.2) is 18.1 Å². The molecule has 0 saturated carbocycles. The number of nitrogens with zero attached hydrogens (tertiary/aromatic N) is 4. The summed E-state index contributed by atoms with van der Waals surface area (Å²) in [7, 11) is -3.12. The molecule has 2 unspecified atom stereocenters. The predicted octanol–water partition coefficient (Wildman–Crippen LogP) is 1.68. The number of likely N-dealkylation sites (tertiary alicyclic amines) is 1. The van der Waals surface area contributed by atoms with E-state index >= 15 is 0 Å². The molecule has 1 aliphatic heterocycles. The topological polar surface area (TPSA) is 91.6 Å². The molecule has 156 valence electrons. The van der Waals surface area contributed by atoms with Crippen LogP contribution in [0, 0.1) is 5.92 Å². The van der Waals surface area contributed by atoms with Crippen molar-refractivity contribution in [3.8, 4) is 0 Å². The average Bonchev–Trinajstić information content (AvgIpc) is 3.15. The minimum Gasteiger partial charge on any atom is -0.357 e. The molecule has 2 heterocycles. The second-order valence-electron chi connectivity index (χ2n) is 6.68. The minimum absolute atomic E-state index is 0.